The van der Waals surface area contributed by atoms with Crippen LogP contribution in [0.3, 0.4) is 0 Å². The van der Waals surface area contributed by atoms with Crippen LogP contribution < -0.4 is 15.6 Å². The lowest BCUT2D eigenvalue weighted by Crippen LogP contribution is -2.14. The van der Waals surface area contributed by atoms with Gasteiger partial charge in [0.05, 0.1) is 18.1 Å². The summed E-state index contributed by atoms with van der Waals surface area (Å²) < 4.78 is 5.26. The van der Waals surface area contributed by atoms with Crippen molar-refractivity contribution in [2.45, 2.75) is 12.8 Å². The number of rotatable bonds is 6. The Morgan fingerprint density at radius 2 is 2.08 bits per heavy atom. The first-order valence-electron chi connectivity index (χ1n) is 7.75. The molecule has 0 fully saturated rings. The number of nitrogens with one attached hydrogen (secondary N) is 2. The molecule has 6 nitrogen and oxygen atoms in total. The van der Waals surface area contributed by atoms with Gasteiger partial charge in [-0.2, -0.15) is 0 Å². The summed E-state index contributed by atoms with van der Waals surface area (Å²) in [4.78, 5) is 19.5. The maximum atomic E-state index is 12.3. The molecule has 0 aliphatic rings. The zero-order valence-electron chi connectivity index (χ0n) is 13.4. The number of aliphatic hydroxyl groups is 1. The van der Waals surface area contributed by atoms with Crippen LogP contribution in [0.15, 0.2) is 47.3 Å². The molecule has 0 unspecified atom stereocenters. The van der Waals surface area contributed by atoms with Gasteiger partial charge in [-0.05, 0) is 36.6 Å². The summed E-state index contributed by atoms with van der Waals surface area (Å²) in [6, 6.07) is 13.0. The number of anilines is 2. The molecular formula is C18H19N3O3. The minimum atomic E-state index is -0.287. The van der Waals surface area contributed by atoms with E-state index in [1.54, 1.807) is 7.11 Å². The first-order valence-corrected chi connectivity index (χ1v) is 7.75. The summed E-state index contributed by atoms with van der Waals surface area (Å²) in [6.45, 7) is 0.111. The number of aryl methyl sites for hydroxylation is 1. The second-order valence-electron chi connectivity index (χ2n) is 5.41. The van der Waals surface area contributed by atoms with E-state index in [1.807, 2.05) is 42.5 Å². The fourth-order valence-corrected chi connectivity index (χ4v) is 2.53. The maximum absolute atomic E-state index is 12.3. The van der Waals surface area contributed by atoms with Crippen molar-refractivity contribution < 1.29 is 9.84 Å². The molecule has 0 radical (unpaired) electrons. The third kappa shape index (κ3) is 3.38. The normalized spacial score (nSPS) is 10.8. The number of para-hydroxylation sites is 2. The van der Waals surface area contributed by atoms with Gasteiger partial charge in [-0.3, -0.25) is 4.79 Å². The predicted molar refractivity (Wildman–Crippen MR) is 94.0 cm³/mol. The number of aromatic nitrogens is 2. The first-order chi connectivity index (χ1) is 11.7. The Labute approximate surface area is 139 Å². The van der Waals surface area contributed by atoms with E-state index in [-0.39, 0.29) is 18.0 Å². The molecule has 0 atom stereocenters. The van der Waals surface area contributed by atoms with Crippen molar-refractivity contribution >= 4 is 22.5 Å². The van der Waals surface area contributed by atoms with Crippen molar-refractivity contribution in [3.63, 3.8) is 0 Å². The van der Waals surface area contributed by atoms with E-state index < -0.39 is 0 Å². The molecule has 0 saturated carbocycles. The predicted octanol–water partition coefficient (Wildman–Crippen LogP) is 2.60. The molecule has 3 N–H and O–H groups in total. The lowest BCUT2D eigenvalue weighted by molar-refractivity contribution is 0.288. The molecule has 0 aliphatic heterocycles. The van der Waals surface area contributed by atoms with E-state index in [2.05, 4.69) is 15.3 Å². The summed E-state index contributed by atoms with van der Waals surface area (Å²) in [5.41, 5.74) is 2.85. The number of ether oxygens (including phenoxy) is 1. The highest BCUT2D eigenvalue weighted by atomic mass is 16.5. The average molecular weight is 325 g/mol. The van der Waals surface area contributed by atoms with Crippen molar-refractivity contribution in [1.29, 1.82) is 0 Å². The number of methoxy groups -OCH3 is 1. The molecule has 3 rings (SSSR count). The standard InChI is InChI=1S/C18H19N3O3/c1-24-13-9-8-12(5-4-10-22)16(11-13)20-17-18(23)21-15-7-3-2-6-14(15)19-17/h2-3,6-9,11,22H,4-5,10H2,1H3,(H,19,20)(H,21,23). The number of aromatic amines is 1. The number of aliphatic hydroxyl groups excluding tert-OH is 1. The Kier molecular flexibility index (Phi) is 4.77. The topological polar surface area (TPSA) is 87.2 Å². The van der Waals surface area contributed by atoms with Crippen molar-refractivity contribution in [2.24, 2.45) is 0 Å². The van der Waals surface area contributed by atoms with Crippen LogP contribution in [0.4, 0.5) is 11.5 Å². The summed E-state index contributed by atoms with van der Waals surface area (Å²) in [6.07, 6.45) is 1.33. The molecule has 6 heteroatoms. The molecule has 2 aromatic carbocycles. The number of fused-ring (bicyclic) bond motifs is 1. The van der Waals surface area contributed by atoms with E-state index in [0.29, 0.717) is 29.6 Å². The molecule has 0 bridgehead atoms. The Morgan fingerprint density at radius 1 is 1.25 bits per heavy atom. The van der Waals surface area contributed by atoms with Crippen LogP contribution in [0.1, 0.15) is 12.0 Å². The maximum Gasteiger partial charge on any atom is 0.291 e. The minimum Gasteiger partial charge on any atom is -0.497 e. The van der Waals surface area contributed by atoms with Crippen molar-refractivity contribution in [1.82, 2.24) is 9.97 Å². The van der Waals surface area contributed by atoms with Crippen molar-refractivity contribution in [3.8, 4) is 5.75 Å². The van der Waals surface area contributed by atoms with Crippen LogP contribution in [0, 0.1) is 0 Å². The van der Waals surface area contributed by atoms with Crippen LogP contribution >= 0.6 is 0 Å². The minimum absolute atomic E-state index is 0.111. The second-order valence-corrected chi connectivity index (χ2v) is 5.41. The van der Waals surface area contributed by atoms with Crippen LogP contribution in [0.5, 0.6) is 5.75 Å². The van der Waals surface area contributed by atoms with Gasteiger partial charge in [0.25, 0.3) is 5.56 Å². The highest BCUT2D eigenvalue weighted by Crippen LogP contribution is 2.25. The Bertz CT molecular complexity index is 905. The monoisotopic (exact) mass is 325 g/mol. The molecule has 0 spiro atoms. The van der Waals surface area contributed by atoms with Gasteiger partial charge in [0.1, 0.15) is 5.75 Å². The van der Waals surface area contributed by atoms with Crippen LogP contribution in [0.2, 0.25) is 0 Å². The van der Waals surface area contributed by atoms with Gasteiger partial charge in [-0.25, -0.2) is 4.98 Å². The van der Waals surface area contributed by atoms with Gasteiger partial charge in [-0.15, -0.1) is 0 Å². The molecule has 0 saturated heterocycles. The largest absolute Gasteiger partial charge is 0.497 e. The number of hydrogen-bond acceptors (Lipinski definition) is 5. The van der Waals surface area contributed by atoms with E-state index in [0.717, 1.165) is 11.3 Å². The van der Waals surface area contributed by atoms with Gasteiger partial charge in [0.2, 0.25) is 0 Å². The zero-order chi connectivity index (χ0) is 16.9. The molecular weight excluding hydrogens is 306 g/mol. The molecule has 3 aromatic rings. The van der Waals surface area contributed by atoms with Crippen LogP contribution in [-0.4, -0.2) is 28.8 Å². The quantitative estimate of drug-likeness (QED) is 0.648. The second kappa shape index (κ2) is 7.14. The molecule has 1 aromatic heterocycles. The molecule has 0 aliphatic carbocycles. The Balaban J connectivity index is 2.00. The van der Waals surface area contributed by atoms with Gasteiger partial charge >= 0.3 is 0 Å². The fourth-order valence-electron chi connectivity index (χ4n) is 2.53. The SMILES string of the molecule is COc1ccc(CCCO)c(Nc2nc3ccccc3[nH]c2=O)c1. The van der Waals surface area contributed by atoms with E-state index in [9.17, 15) is 4.79 Å². The third-order valence-electron chi connectivity index (χ3n) is 3.77. The van der Waals surface area contributed by atoms with Crippen molar-refractivity contribution in [2.75, 3.05) is 19.0 Å². The Hall–Kier alpha value is -2.86. The summed E-state index contributed by atoms with van der Waals surface area (Å²) in [7, 11) is 1.59. The van der Waals surface area contributed by atoms with E-state index in [4.69, 9.17) is 9.84 Å². The van der Waals surface area contributed by atoms with Crippen LogP contribution in [-0.2, 0) is 6.42 Å². The zero-order valence-corrected chi connectivity index (χ0v) is 13.4. The Morgan fingerprint density at radius 3 is 2.88 bits per heavy atom. The van der Waals surface area contributed by atoms with Gasteiger partial charge in [0.15, 0.2) is 5.82 Å². The van der Waals surface area contributed by atoms with Gasteiger partial charge in [0, 0.05) is 18.4 Å². The van der Waals surface area contributed by atoms with E-state index in [1.165, 1.54) is 0 Å². The first kappa shape index (κ1) is 16.0. The lowest BCUT2D eigenvalue weighted by atomic mass is 10.1. The number of hydrogen-bond donors (Lipinski definition) is 3. The highest BCUT2D eigenvalue weighted by Gasteiger charge is 2.09. The van der Waals surface area contributed by atoms with E-state index >= 15 is 0 Å². The van der Waals surface area contributed by atoms with Gasteiger partial charge < -0.3 is 20.1 Å². The summed E-state index contributed by atoms with van der Waals surface area (Å²) >= 11 is 0. The smallest absolute Gasteiger partial charge is 0.291 e. The van der Waals surface area contributed by atoms with Crippen molar-refractivity contribution in [3.05, 3.63) is 58.4 Å². The third-order valence-corrected chi connectivity index (χ3v) is 3.77. The molecule has 124 valence electrons. The van der Waals surface area contributed by atoms with Crippen LogP contribution in [0.25, 0.3) is 11.0 Å². The summed E-state index contributed by atoms with van der Waals surface area (Å²) in [5, 5.41) is 12.2. The number of H-pyrrole nitrogens is 1. The lowest BCUT2D eigenvalue weighted by Gasteiger charge is -2.13. The molecule has 0 amide bonds. The number of nitrogens with zero attached hydrogens (tertiary/aromatic N) is 1. The highest BCUT2D eigenvalue weighted by molar-refractivity contribution is 5.76. The average Bonchev–Trinajstić information content (AvgIpc) is 2.61. The van der Waals surface area contributed by atoms with Gasteiger partial charge in [-0.1, -0.05) is 18.2 Å². The molecule has 24 heavy (non-hydrogen) atoms. The number of benzene rings is 2. The fraction of sp³-hybridized carbons (Fsp3) is 0.222. The summed E-state index contributed by atoms with van der Waals surface area (Å²) in [5.74, 6) is 0.912. The molecule has 1 heterocycles.